The van der Waals surface area contributed by atoms with E-state index in [9.17, 15) is 22.8 Å². The molecule has 0 radical (unpaired) electrons. The van der Waals surface area contributed by atoms with Crippen LogP contribution in [0.15, 0.2) is 53.8 Å². The summed E-state index contributed by atoms with van der Waals surface area (Å²) in [6.07, 6.45) is 4.95. The molecule has 36 heavy (non-hydrogen) atoms. The van der Waals surface area contributed by atoms with Crippen LogP contribution in [0.25, 0.3) is 5.57 Å². The molecule has 1 aliphatic carbocycles. The molecule has 0 spiro atoms. The number of nitrogens with zero attached hydrogens (tertiary/aromatic N) is 2. The maximum absolute atomic E-state index is 12.8. The Bertz CT molecular complexity index is 1170. The molecule has 2 aliphatic heterocycles. The largest absolute Gasteiger partial charge is 0.493 e. The van der Waals surface area contributed by atoms with E-state index in [4.69, 9.17) is 4.74 Å². The molecular formula is C25H27F3N4O4. The number of halogens is 3. The van der Waals surface area contributed by atoms with Gasteiger partial charge in [-0.05, 0) is 42.2 Å². The number of fused-ring (bicyclic) bond motifs is 2. The van der Waals surface area contributed by atoms with Crippen molar-refractivity contribution in [1.82, 2.24) is 15.4 Å². The summed E-state index contributed by atoms with van der Waals surface area (Å²) in [5.41, 5.74) is 4.01. The molecule has 11 heteroatoms. The summed E-state index contributed by atoms with van der Waals surface area (Å²) in [5.74, 6) is -2.69. The Balaban J connectivity index is 1.64. The lowest BCUT2D eigenvalue weighted by molar-refractivity contribution is -0.231. The number of hydrogen-bond donors (Lipinski definition) is 2. The van der Waals surface area contributed by atoms with Gasteiger partial charge in [0.25, 0.3) is 5.91 Å². The van der Waals surface area contributed by atoms with Crippen LogP contribution >= 0.6 is 0 Å². The predicted octanol–water partition coefficient (Wildman–Crippen LogP) is 3.45. The number of ether oxygens (including phenoxy) is 1. The van der Waals surface area contributed by atoms with Crippen LogP contribution in [0.4, 0.5) is 19.0 Å². The van der Waals surface area contributed by atoms with E-state index in [1.165, 1.54) is 0 Å². The van der Waals surface area contributed by atoms with Crippen molar-refractivity contribution in [3.05, 3.63) is 64.9 Å². The maximum Gasteiger partial charge on any atom is 0.493 e. The number of likely N-dealkylation sites (N-methyl/N-ethyl adjacent to an activating group) is 1. The number of rotatable bonds is 4. The molecule has 0 saturated heterocycles. The van der Waals surface area contributed by atoms with Crippen LogP contribution in [-0.2, 0) is 25.7 Å². The van der Waals surface area contributed by atoms with Crippen molar-refractivity contribution in [3.63, 3.8) is 0 Å². The van der Waals surface area contributed by atoms with Crippen molar-refractivity contribution in [2.75, 3.05) is 18.9 Å². The van der Waals surface area contributed by atoms with Crippen LogP contribution in [0.2, 0.25) is 0 Å². The molecule has 3 atom stereocenters. The Morgan fingerprint density at radius 1 is 1.33 bits per heavy atom. The first kappa shape index (κ1) is 25.6. The number of amides is 1. The smallest absolute Gasteiger partial charge is 0.368 e. The number of carbonyl (C=O) groups is 2. The highest BCUT2D eigenvalue weighted by molar-refractivity contribution is 5.95. The summed E-state index contributed by atoms with van der Waals surface area (Å²) in [4.78, 5) is 32.7. The Hall–Kier alpha value is -3.44. The second-order valence-electron chi connectivity index (χ2n) is 8.91. The fourth-order valence-electron chi connectivity index (χ4n) is 4.17. The van der Waals surface area contributed by atoms with Gasteiger partial charge < -0.3 is 20.2 Å². The van der Waals surface area contributed by atoms with Crippen LogP contribution in [0, 0.1) is 0 Å². The molecule has 1 amide bonds. The maximum atomic E-state index is 12.8. The molecule has 0 saturated carbocycles. The average molecular weight is 505 g/mol. The molecule has 0 fully saturated rings. The zero-order valence-corrected chi connectivity index (χ0v) is 20.1. The van der Waals surface area contributed by atoms with Gasteiger partial charge in [-0.2, -0.15) is 18.2 Å². The third-order valence-electron chi connectivity index (χ3n) is 6.25. The average Bonchev–Trinajstić information content (AvgIpc) is 3.02. The zero-order chi connectivity index (χ0) is 26.0. The van der Waals surface area contributed by atoms with E-state index in [-0.39, 0.29) is 29.7 Å². The van der Waals surface area contributed by atoms with Gasteiger partial charge in [0.2, 0.25) is 0 Å². The number of anilines is 1. The standard InChI is InChI=1S/C25H27F3N4O4/c1-14-11-30-23-18(13-29-14)8-17(12-31-23)16(10-22(33)32(3)36-24(34)25(26,27)28)9-21-15(2)19-6-4-5-7-20(19)35-21/h4-8,10,12,14,20-21,29H,9,11,13H2,1-3H3,(H,30,31)/b16-10+/t14-,20?,21?/m0/s1. The molecule has 3 aliphatic rings. The highest BCUT2D eigenvalue weighted by Crippen LogP contribution is 2.36. The Kier molecular flexibility index (Phi) is 7.32. The van der Waals surface area contributed by atoms with Gasteiger partial charge in [-0.25, -0.2) is 9.78 Å². The topological polar surface area (TPSA) is 92.8 Å². The summed E-state index contributed by atoms with van der Waals surface area (Å²) in [5, 5.41) is 6.90. The van der Waals surface area contributed by atoms with E-state index in [1.54, 1.807) is 6.20 Å². The lowest BCUT2D eigenvalue weighted by Crippen LogP contribution is -2.35. The van der Waals surface area contributed by atoms with Gasteiger partial charge in [0.1, 0.15) is 11.9 Å². The highest BCUT2D eigenvalue weighted by Gasteiger charge is 2.43. The van der Waals surface area contributed by atoms with Gasteiger partial charge in [-0.1, -0.05) is 24.3 Å². The quantitative estimate of drug-likeness (QED) is 0.479. The fourth-order valence-corrected chi connectivity index (χ4v) is 4.17. The van der Waals surface area contributed by atoms with Crippen molar-refractivity contribution >= 4 is 23.3 Å². The molecule has 192 valence electrons. The summed E-state index contributed by atoms with van der Waals surface area (Å²) < 4.78 is 44.0. The first-order valence-corrected chi connectivity index (χ1v) is 11.5. The van der Waals surface area contributed by atoms with E-state index >= 15 is 0 Å². The van der Waals surface area contributed by atoms with Crippen molar-refractivity contribution in [2.24, 2.45) is 0 Å². The third kappa shape index (κ3) is 5.68. The van der Waals surface area contributed by atoms with Crippen molar-refractivity contribution in [3.8, 4) is 0 Å². The number of carbonyl (C=O) groups excluding carboxylic acids is 2. The fraction of sp³-hybridized carbons (Fsp3) is 0.400. The van der Waals surface area contributed by atoms with E-state index in [1.807, 2.05) is 44.2 Å². The minimum absolute atomic E-state index is 0.201. The molecular weight excluding hydrogens is 477 g/mol. The van der Waals surface area contributed by atoms with E-state index < -0.39 is 18.1 Å². The Morgan fingerprint density at radius 2 is 2.11 bits per heavy atom. The monoisotopic (exact) mass is 504 g/mol. The first-order valence-electron chi connectivity index (χ1n) is 11.5. The van der Waals surface area contributed by atoms with E-state index in [0.29, 0.717) is 30.0 Å². The van der Waals surface area contributed by atoms with Crippen LogP contribution in [0.5, 0.6) is 0 Å². The third-order valence-corrected chi connectivity index (χ3v) is 6.25. The van der Waals surface area contributed by atoms with Crippen molar-refractivity contribution < 1.29 is 32.3 Å². The zero-order valence-electron chi connectivity index (χ0n) is 20.1. The van der Waals surface area contributed by atoms with Gasteiger partial charge >= 0.3 is 12.1 Å². The number of nitrogens with one attached hydrogen (secondary N) is 2. The lowest BCUT2D eigenvalue weighted by atomic mass is 9.94. The molecule has 0 bridgehead atoms. The number of alkyl halides is 3. The van der Waals surface area contributed by atoms with Gasteiger partial charge in [-0.15, -0.1) is 0 Å². The molecule has 1 aromatic heterocycles. The highest BCUT2D eigenvalue weighted by atomic mass is 19.4. The summed E-state index contributed by atoms with van der Waals surface area (Å²) >= 11 is 0. The number of pyridine rings is 1. The van der Waals surface area contributed by atoms with Gasteiger partial charge in [0.15, 0.2) is 0 Å². The normalized spacial score (nSPS) is 23.5. The van der Waals surface area contributed by atoms with E-state index in [2.05, 4.69) is 20.5 Å². The molecule has 8 nitrogen and oxygen atoms in total. The Labute approximate surface area is 206 Å². The predicted molar refractivity (Wildman–Crippen MR) is 126 cm³/mol. The summed E-state index contributed by atoms with van der Waals surface area (Å²) in [6.45, 7) is 5.24. The van der Waals surface area contributed by atoms with Crippen molar-refractivity contribution in [2.45, 2.75) is 51.2 Å². The first-order chi connectivity index (χ1) is 17.0. The second kappa shape index (κ2) is 10.3. The molecule has 0 aromatic carbocycles. The number of hydroxylamine groups is 2. The summed E-state index contributed by atoms with van der Waals surface area (Å²) in [6, 6.07) is 2.10. The second-order valence-corrected chi connectivity index (χ2v) is 8.91. The SMILES string of the molecule is CC1=C2C=CC=CC2OC1C/C(=C\C(=O)N(C)OC(=O)C(F)(F)F)c1cnc2c(c1)CN[C@@H](C)CN2. The number of hydrogen-bond acceptors (Lipinski definition) is 7. The molecule has 4 rings (SSSR count). The molecule has 1 aromatic rings. The molecule has 2 unspecified atom stereocenters. The molecule has 3 heterocycles. The van der Waals surface area contributed by atoms with Crippen molar-refractivity contribution in [1.29, 1.82) is 0 Å². The lowest BCUT2D eigenvalue weighted by Gasteiger charge is -2.19. The van der Waals surface area contributed by atoms with Crippen LogP contribution in [0.3, 0.4) is 0 Å². The molecule has 2 N–H and O–H groups in total. The van der Waals surface area contributed by atoms with Crippen LogP contribution in [0.1, 0.15) is 31.4 Å². The minimum Gasteiger partial charge on any atom is -0.368 e. The van der Waals surface area contributed by atoms with Gasteiger partial charge in [0.05, 0.1) is 6.10 Å². The number of allylic oxidation sites excluding steroid dienone is 2. The Morgan fingerprint density at radius 3 is 2.83 bits per heavy atom. The summed E-state index contributed by atoms with van der Waals surface area (Å²) in [7, 11) is 0.952. The van der Waals surface area contributed by atoms with Gasteiger partial charge in [0, 0.05) is 50.4 Å². The van der Waals surface area contributed by atoms with Crippen LogP contribution < -0.4 is 10.6 Å². The van der Waals surface area contributed by atoms with Crippen LogP contribution in [-0.4, -0.2) is 59.9 Å². The number of aromatic nitrogens is 1. The van der Waals surface area contributed by atoms with Gasteiger partial charge in [-0.3, -0.25) is 4.79 Å². The minimum atomic E-state index is -5.22. The van der Waals surface area contributed by atoms with E-state index in [0.717, 1.165) is 29.8 Å².